The highest BCUT2D eigenvalue weighted by molar-refractivity contribution is 5.75. The van der Waals surface area contributed by atoms with Gasteiger partial charge in [0.15, 0.2) is 11.5 Å². The Bertz CT molecular complexity index is 936. The van der Waals surface area contributed by atoms with Crippen molar-refractivity contribution >= 4 is 12.2 Å². The van der Waals surface area contributed by atoms with E-state index in [4.69, 9.17) is 24.2 Å². The molecule has 158 valence electrons. The highest BCUT2D eigenvalue weighted by Gasteiger charge is 2.30. The summed E-state index contributed by atoms with van der Waals surface area (Å²) in [5, 5.41) is 28.6. The van der Waals surface area contributed by atoms with Gasteiger partial charge in [-0.1, -0.05) is 24.3 Å². The van der Waals surface area contributed by atoms with Crippen LogP contribution in [0.1, 0.15) is 29.5 Å². The molecule has 1 aliphatic heterocycles. The molecule has 7 nitrogen and oxygen atoms in total. The number of nitriles is 1. The molecule has 1 saturated heterocycles. The van der Waals surface area contributed by atoms with Crippen LogP contribution in [0, 0.1) is 11.3 Å². The number of hydrogen-bond donors (Lipinski definition) is 2. The van der Waals surface area contributed by atoms with Gasteiger partial charge in [0.2, 0.25) is 6.29 Å². The van der Waals surface area contributed by atoms with Gasteiger partial charge < -0.3 is 29.2 Å². The Morgan fingerprint density at radius 1 is 1.17 bits per heavy atom. The van der Waals surface area contributed by atoms with Gasteiger partial charge in [0.25, 0.3) is 0 Å². The van der Waals surface area contributed by atoms with Gasteiger partial charge in [-0.05, 0) is 23.8 Å². The maximum atomic E-state index is 10.1. The average Bonchev–Trinajstić information content (AvgIpc) is 2.77. The first-order valence-corrected chi connectivity index (χ1v) is 9.61. The van der Waals surface area contributed by atoms with E-state index in [0.717, 1.165) is 5.56 Å². The van der Waals surface area contributed by atoms with E-state index in [9.17, 15) is 10.2 Å². The predicted octanol–water partition coefficient (Wildman–Crippen LogP) is 2.98. The van der Waals surface area contributed by atoms with Crippen LogP contribution in [0.2, 0.25) is 0 Å². The normalized spacial score (nSPS) is 21.2. The molecule has 2 aromatic carbocycles. The SMILES string of the molecule is COc1cc(/C=C/c2cccc(C#N)c2)c(OC2CC(O)CC(CO)O2)c(OC)c1. The molecule has 0 saturated carbocycles. The molecule has 1 fully saturated rings. The fraction of sp³-hybridized carbons (Fsp3) is 0.348. The summed E-state index contributed by atoms with van der Waals surface area (Å²) < 4.78 is 22.7. The highest BCUT2D eigenvalue weighted by atomic mass is 16.7. The summed E-state index contributed by atoms with van der Waals surface area (Å²) in [7, 11) is 3.09. The van der Waals surface area contributed by atoms with Crippen molar-refractivity contribution in [3.8, 4) is 23.3 Å². The van der Waals surface area contributed by atoms with Gasteiger partial charge in [-0.25, -0.2) is 0 Å². The summed E-state index contributed by atoms with van der Waals surface area (Å²) >= 11 is 0. The molecule has 0 spiro atoms. The number of nitrogens with zero attached hydrogens (tertiary/aromatic N) is 1. The summed E-state index contributed by atoms with van der Waals surface area (Å²) in [6, 6.07) is 12.8. The van der Waals surface area contributed by atoms with Crippen LogP contribution in [-0.2, 0) is 4.74 Å². The Kier molecular flexibility index (Phi) is 7.31. The molecule has 2 aromatic rings. The van der Waals surface area contributed by atoms with Crippen molar-refractivity contribution in [2.75, 3.05) is 20.8 Å². The van der Waals surface area contributed by atoms with Crippen molar-refractivity contribution in [3.63, 3.8) is 0 Å². The topological polar surface area (TPSA) is 101 Å². The van der Waals surface area contributed by atoms with Gasteiger partial charge in [0.1, 0.15) is 5.75 Å². The smallest absolute Gasteiger partial charge is 0.202 e. The first-order valence-electron chi connectivity index (χ1n) is 9.61. The van der Waals surface area contributed by atoms with Gasteiger partial charge in [-0.15, -0.1) is 0 Å². The number of methoxy groups -OCH3 is 2. The van der Waals surface area contributed by atoms with E-state index in [0.29, 0.717) is 34.8 Å². The Balaban J connectivity index is 1.94. The minimum atomic E-state index is -0.734. The molecular weight excluding hydrogens is 386 g/mol. The molecule has 0 aliphatic carbocycles. The predicted molar refractivity (Wildman–Crippen MR) is 111 cm³/mol. The Labute approximate surface area is 175 Å². The van der Waals surface area contributed by atoms with Crippen LogP contribution >= 0.6 is 0 Å². The summed E-state index contributed by atoms with van der Waals surface area (Å²) in [5.41, 5.74) is 2.10. The van der Waals surface area contributed by atoms with Crippen LogP contribution in [0.3, 0.4) is 0 Å². The third-order valence-electron chi connectivity index (χ3n) is 4.78. The van der Waals surface area contributed by atoms with Crippen molar-refractivity contribution in [2.24, 2.45) is 0 Å². The first kappa shape index (κ1) is 21.7. The van der Waals surface area contributed by atoms with E-state index in [1.165, 1.54) is 7.11 Å². The lowest BCUT2D eigenvalue weighted by Gasteiger charge is -2.32. The second-order valence-electron chi connectivity index (χ2n) is 6.93. The lowest BCUT2D eigenvalue weighted by Crippen LogP contribution is -2.40. The molecule has 0 radical (unpaired) electrons. The molecule has 1 aliphatic rings. The third-order valence-corrected chi connectivity index (χ3v) is 4.78. The first-order chi connectivity index (χ1) is 14.6. The van der Waals surface area contributed by atoms with Crippen molar-refractivity contribution in [3.05, 3.63) is 53.1 Å². The van der Waals surface area contributed by atoms with Crippen molar-refractivity contribution in [2.45, 2.75) is 31.3 Å². The summed E-state index contributed by atoms with van der Waals surface area (Å²) in [4.78, 5) is 0. The van der Waals surface area contributed by atoms with Crippen LogP contribution in [0.4, 0.5) is 0 Å². The van der Waals surface area contributed by atoms with Crippen LogP contribution in [0.25, 0.3) is 12.2 Å². The number of aliphatic hydroxyl groups is 2. The quantitative estimate of drug-likeness (QED) is 0.676. The van der Waals surface area contributed by atoms with Crippen molar-refractivity contribution in [1.29, 1.82) is 5.26 Å². The molecule has 0 bridgehead atoms. The Morgan fingerprint density at radius 3 is 2.70 bits per heavy atom. The van der Waals surface area contributed by atoms with Gasteiger partial charge >= 0.3 is 0 Å². The lowest BCUT2D eigenvalue weighted by molar-refractivity contribution is -0.185. The fourth-order valence-electron chi connectivity index (χ4n) is 3.29. The zero-order valence-corrected chi connectivity index (χ0v) is 16.9. The van der Waals surface area contributed by atoms with Gasteiger partial charge in [0, 0.05) is 24.5 Å². The average molecular weight is 411 g/mol. The van der Waals surface area contributed by atoms with Crippen molar-refractivity contribution in [1.82, 2.24) is 0 Å². The maximum absolute atomic E-state index is 10.1. The maximum Gasteiger partial charge on any atom is 0.202 e. The summed E-state index contributed by atoms with van der Waals surface area (Å²) in [6.07, 6.45) is 2.47. The lowest BCUT2D eigenvalue weighted by atomic mass is 10.1. The molecule has 3 unspecified atom stereocenters. The van der Waals surface area contributed by atoms with E-state index in [1.807, 2.05) is 24.3 Å². The molecule has 30 heavy (non-hydrogen) atoms. The highest BCUT2D eigenvalue weighted by Crippen LogP contribution is 2.39. The number of rotatable bonds is 7. The monoisotopic (exact) mass is 411 g/mol. The van der Waals surface area contributed by atoms with Gasteiger partial charge in [-0.3, -0.25) is 0 Å². The zero-order chi connectivity index (χ0) is 21.5. The summed E-state index contributed by atoms with van der Waals surface area (Å²) in [5.74, 6) is 1.47. The molecular formula is C23H25NO6. The zero-order valence-electron chi connectivity index (χ0n) is 16.9. The minimum Gasteiger partial charge on any atom is -0.497 e. The Hall–Kier alpha value is -3.05. The second kappa shape index (κ2) is 10.1. The largest absolute Gasteiger partial charge is 0.497 e. The Morgan fingerprint density at radius 2 is 2.00 bits per heavy atom. The van der Waals surface area contributed by atoms with Crippen LogP contribution in [0.15, 0.2) is 36.4 Å². The molecule has 3 atom stereocenters. The van der Waals surface area contributed by atoms with Crippen LogP contribution < -0.4 is 14.2 Å². The number of benzene rings is 2. The molecule has 2 N–H and O–H groups in total. The van der Waals surface area contributed by atoms with E-state index < -0.39 is 18.5 Å². The van der Waals surface area contributed by atoms with Crippen molar-refractivity contribution < 1.29 is 29.2 Å². The number of aliphatic hydroxyl groups excluding tert-OH is 2. The second-order valence-corrected chi connectivity index (χ2v) is 6.93. The van der Waals surface area contributed by atoms with Gasteiger partial charge in [-0.2, -0.15) is 5.26 Å². The van der Waals surface area contributed by atoms with E-state index in [1.54, 1.807) is 31.4 Å². The van der Waals surface area contributed by atoms with E-state index in [2.05, 4.69) is 6.07 Å². The van der Waals surface area contributed by atoms with Gasteiger partial charge in [0.05, 0.1) is 44.7 Å². The molecule has 0 aromatic heterocycles. The number of hydrogen-bond acceptors (Lipinski definition) is 7. The molecule has 7 heteroatoms. The molecule has 0 amide bonds. The standard InChI is InChI=1S/C23H25NO6/c1-27-19-9-17(7-6-15-4-3-5-16(8-15)13-24)23(21(12-19)28-2)30-22-11-18(26)10-20(14-25)29-22/h3-9,12,18,20,22,25-26H,10-11,14H2,1-2H3/b7-6+. The molecule has 1 heterocycles. The van der Waals surface area contributed by atoms with Crippen LogP contribution in [-0.4, -0.2) is 49.5 Å². The molecule has 3 rings (SSSR count). The third kappa shape index (κ3) is 5.30. The van der Waals surface area contributed by atoms with Crippen LogP contribution in [0.5, 0.6) is 17.2 Å². The minimum absolute atomic E-state index is 0.196. The fourth-order valence-corrected chi connectivity index (χ4v) is 3.29. The van der Waals surface area contributed by atoms with E-state index >= 15 is 0 Å². The van der Waals surface area contributed by atoms with E-state index in [-0.39, 0.29) is 13.0 Å². The number of ether oxygens (including phenoxy) is 4. The summed E-state index contributed by atoms with van der Waals surface area (Å²) in [6.45, 7) is -0.196.